The summed E-state index contributed by atoms with van der Waals surface area (Å²) in [5.41, 5.74) is 0.384. The number of hydrogen-bond acceptors (Lipinski definition) is 3. The third kappa shape index (κ3) is 3.68. The van der Waals surface area contributed by atoms with Crippen LogP contribution in [0, 0.1) is 0 Å². The number of nitrogens with zero attached hydrogens (tertiary/aromatic N) is 1. The molecule has 0 fully saturated rings. The molecule has 19 heavy (non-hydrogen) atoms. The van der Waals surface area contributed by atoms with Gasteiger partial charge in [0.1, 0.15) is 4.60 Å². The Morgan fingerprint density at radius 3 is 2.47 bits per heavy atom. The van der Waals surface area contributed by atoms with Crippen LogP contribution in [0.5, 0.6) is 0 Å². The molecule has 1 aromatic carbocycles. The summed E-state index contributed by atoms with van der Waals surface area (Å²) in [7, 11) is -3.66. The van der Waals surface area contributed by atoms with Gasteiger partial charge in [0.05, 0.1) is 21.8 Å². The topological polar surface area (TPSA) is 59.1 Å². The molecule has 1 N–H and O–H groups in total. The van der Waals surface area contributed by atoms with E-state index in [2.05, 4.69) is 41.6 Å². The van der Waals surface area contributed by atoms with Gasteiger partial charge in [-0.15, -0.1) is 0 Å². The zero-order valence-electron chi connectivity index (χ0n) is 9.27. The minimum Gasteiger partial charge on any atom is -0.278 e. The molecule has 1 heterocycles. The number of pyridine rings is 1. The first-order valence-corrected chi connectivity index (χ1v) is 8.42. The molecule has 0 saturated carbocycles. The molecule has 1 aromatic heterocycles. The molecular weight excluding hydrogens is 419 g/mol. The SMILES string of the molecule is O=S(=O)(Nc1ccc(Br)nc1)c1ccc(Cl)c(Br)c1. The molecular formula is C11H7Br2ClN2O2S. The number of halogens is 3. The summed E-state index contributed by atoms with van der Waals surface area (Å²) >= 11 is 12.2. The molecule has 100 valence electrons. The predicted molar refractivity (Wildman–Crippen MR) is 81.9 cm³/mol. The van der Waals surface area contributed by atoms with E-state index in [0.29, 0.717) is 19.8 Å². The van der Waals surface area contributed by atoms with Gasteiger partial charge < -0.3 is 0 Å². The van der Waals surface area contributed by atoms with Crippen molar-refractivity contribution in [2.24, 2.45) is 0 Å². The molecule has 2 aromatic rings. The summed E-state index contributed by atoms with van der Waals surface area (Å²) in [5, 5.41) is 0.448. The second-order valence-electron chi connectivity index (χ2n) is 3.55. The largest absolute Gasteiger partial charge is 0.278 e. The highest BCUT2D eigenvalue weighted by Crippen LogP contribution is 2.26. The molecule has 4 nitrogen and oxygen atoms in total. The predicted octanol–water partition coefficient (Wildman–Crippen LogP) is 4.06. The monoisotopic (exact) mass is 424 g/mol. The highest BCUT2D eigenvalue weighted by Gasteiger charge is 2.15. The zero-order chi connectivity index (χ0) is 14.0. The van der Waals surface area contributed by atoms with E-state index in [0.717, 1.165) is 0 Å². The zero-order valence-corrected chi connectivity index (χ0v) is 14.0. The lowest BCUT2D eigenvalue weighted by Gasteiger charge is -2.08. The van der Waals surface area contributed by atoms with Crippen molar-refractivity contribution in [1.82, 2.24) is 4.98 Å². The Bertz CT molecular complexity index is 705. The second-order valence-corrected chi connectivity index (χ2v) is 7.31. The quantitative estimate of drug-likeness (QED) is 0.753. The summed E-state index contributed by atoms with van der Waals surface area (Å²) in [6.07, 6.45) is 1.42. The fourth-order valence-corrected chi connectivity index (χ4v) is 3.25. The van der Waals surface area contributed by atoms with Gasteiger partial charge in [0, 0.05) is 4.47 Å². The molecule has 0 aliphatic rings. The number of aromatic nitrogens is 1. The van der Waals surface area contributed by atoms with Crippen LogP contribution in [0.1, 0.15) is 0 Å². The van der Waals surface area contributed by atoms with E-state index in [1.54, 1.807) is 12.1 Å². The number of rotatable bonds is 3. The van der Waals surface area contributed by atoms with E-state index in [1.165, 1.54) is 24.4 Å². The van der Waals surface area contributed by atoms with Crippen molar-refractivity contribution in [3.8, 4) is 0 Å². The summed E-state index contributed by atoms with van der Waals surface area (Å²) in [5.74, 6) is 0. The Morgan fingerprint density at radius 1 is 1.16 bits per heavy atom. The fourth-order valence-electron chi connectivity index (χ4n) is 1.29. The van der Waals surface area contributed by atoms with Crippen LogP contribution in [0.2, 0.25) is 5.02 Å². The van der Waals surface area contributed by atoms with Crippen LogP contribution in [0.25, 0.3) is 0 Å². The summed E-state index contributed by atoms with van der Waals surface area (Å²) in [6.45, 7) is 0. The average Bonchev–Trinajstić information content (AvgIpc) is 2.35. The van der Waals surface area contributed by atoms with Crippen molar-refractivity contribution >= 4 is 59.2 Å². The minimum atomic E-state index is -3.66. The van der Waals surface area contributed by atoms with E-state index in [1.807, 2.05) is 0 Å². The summed E-state index contributed by atoms with van der Waals surface area (Å²) in [6, 6.07) is 7.65. The van der Waals surface area contributed by atoms with Crippen molar-refractivity contribution in [3.05, 3.63) is 50.6 Å². The number of anilines is 1. The van der Waals surface area contributed by atoms with Crippen molar-refractivity contribution in [3.63, 3.8) is 0 Å². The first kappa shape index (κ1) is 14.8. The lowest BCUT2D eigenvalue weighted by Crippen LogP contribution is -2.13. The van der Waals surface area contributed by atoms with E-state index < -0.39 is 10.0 Å². The molecule has 0 aliphatic heterocycles. The van der Waals surface area contributed by atoms with E-state index in [9.17, 15) is 8.42 Å². The molecule has 0 amide bonds. The summed E-state index contributed by atoms with van der Waals surface area (Å²) in [4.78, 5) is 4.07. The minimum absolute atomic E-state index is 0.117. The van der Waals surface area contributed by atoms with Gasteiger partial charge in [-0.2, -0.15) is 0 Å². The van der Waals surface area contributed by atoms with Gasteiger partial charge in [-0.25, -0.2) is 13.4 Å². The highest BCUT2D eigenvalue weighted by molar-refractivity contribution is 9.10. The third-order valence-electron chi connectivity index (χ3n) is 2.18. The lowest BCUT2D eigenvalue weighted by atomic mass is 10.4. The van der Waals surface area contributed by atoms with E-state index in [4.69, 9.17) is 11.6 Å². The van der Waals surface area contributed by atoms with Crippen LogP contribution in [-0.2, 0) is 10.0 Å². The Kier molecular flexibility index (Phi) is 4.50. The standard InChI is InChI=1S/C11H7Br2ClN2O2S/c12-9-5-8(2-3-10(9)14)19(17,18)16-7-1-4-11(13)15-6-7/h1-6,16H. The maximum absolute atomic E-state index is 12.1. The Morgan fingerprint density at radius 2 is 1.89 bits per heavy atom. The molecule has 0 unspecified atom stereocenters. The maximum Gasteiger partial charge on any atom is 0.261 e. The first-order chi connectivity index (χ1) is 8.88. The van der Waals surface area contributed by atoms with Gasteiger partial charge in [-0.05, 0) is 62.2 Å². The van der Waals surface area contributed by atoms with E-state index >= 15 is 0 Å². The van der Waals surface area contributed by atoms with E-state index in [-0.39, 0.29) is 4.90 Å². The van der Waals surface area contributed by atoms with Crippen molar-refractivity contribution in [2.75, 3.05) is 4.72 Å². The Balaban J connectivity index is 2.32. The van der Waals surface area contributed by atoms with Gasteiger partial charge in [0.25, 0.3) is 10.0 Å². The van der Waals surface area contributed by atoms with Crippen LogP contribution < -0.4 is 4.72 Å². The Hall–Kier alpha value is -0.630. The molecule has 2 rings (SSSR count). The van der Waals surface area contributed by atoms with Crippen LogP contribution in [0.15, 0.2) is 50.5 Å². The van der Waals surface area contributed by atoms with Crippen LogP contribution >= 0.6 is 43.5 Å². The molecule has 8 heteroatoms. The molecule has 0 atom stereocenters. The summed E-state index contributed by atoms with van der Waals surface area (Å²) < 4.78 is 27.9. The average molecular weight is 427 g/mol. The van der Waals surface area contributed by atoms with Crippen molar-refractivity contribution in [2.45, 2.75) is 4.90 Å². The lowest BCUT2D eigenvalue weighted by molar-refractivity contribution is 0.601. The second kappa shape index (κ2) is 5.78. The van der Waals surface area contributed by atoms with Gasteiger partial charge >= 0.3 is 0 Å². The van der Waals surface area contributed by atoms with Crippen molar-refractivity contribution in [1.29, 1.82) is 0 Å². The number of benzene rings is 1. The van der Waals surface area contributed by atoms with Crippen molar-refractivity contribution < 1.29 is 8.42 Å². The van der Waals surface area contributed by atoms with Gasteiger partial charge in [0.15, 0.2) is 0 Å². The van der Waals surface area contributed by atoms with Crippen LogP contribution in [-0.4, -0.2) is 13.4 Å². The number of sulfonamides is 1. The highest BCUT2D eigenvalue weighted by atomic mass is 79.9. The van der Waals surface area contributed by atoms with Crippen LogP contribution in [0.4, 0.5) is 5.69 Å². The first-order valence-electron chi connectivity index (χ1n) is 4.98. The van der Waals surface area contributed by atoms with Crippen LogP contribution in [0.3, 0.4) is 0 Å². The van der Waals surface area contributed by atoms with Gasteiger partial charge in [0.2, 0.25) is 0 Å². The van der Waals surface area contributed by atoms with Gasteiger partial charge in [-0.3, -0.25) is 4.72 Å². The smallest absolute Gasteiger partial charge is 0.261 e. The molecule has 0 radical (unpaired) electrons. The fraction of sp³-hybridized carbons (Fsp3) is 0. The maximum atomic E-state index is 12.1. The number of nitrogens with one attached hydrogen (secondary N) is 1. The normalized spacial score (nSPS) is 11.3. The molecule has 0 aliphatic carbocycles. The third-order valence-corrected chi connectivity index (χ3v) is 5.24. The Labute approximate surface area is 132 Å². The molecule has 0 spiro atoms. The molecule has 0 saturated heterocycles. The van der Waals surface area contributed by atoms with Gasteiger partial charge in [-0.1, -0.05) is 11.6 Å². The molecule has 0 bridgehead atoms. The number of hydrogen-bond donors (Lipinski definition) is 1.